The van der Waals surface area contributed by atoms with Crippen molar-refractivity contribution < 1.29 is 14.7 Å². The van der Waals surface area contributed by atoms with Crippen LogP contribution in [0.1, 0.15) is 16.7 Å². The van der Waals surface area contributed by atoms with Gasteiger partial charge in [-0.05, 0) is 22.8 Å². The molecule has 0 spiro atoms. The molecule has 1 heterocycles. The van der Waals surface area contributed by atoms with Gasteiger partial charge in [-0.3, -0.25) is 14.3 Å². The third kappa shape index (κ3) is 6.86. The van der Waals surface area contributed by atoms with E-state index in [0.29, 0.717) is 25.1 Å². The van der Waals surface area contributed by atoms with Gasteiger partial charge in [0.1, 0.15) is 0 Å². The Hall–Kier alpha value is -5.08. The lowest BCUT2D eigenvalue weighted by Gasteiger charge is -2.24. The average Bonchev–Trinajstić information content (AvgIpc) is 3.26. The molecule has 0 saturated carbocycles. The molecule has 1 N–H and O–H groups in total. The largest absolute Gasteiger partial charge is 0.493 e. The minimum absolute atomic E-state index is 0.0631. The highest BCUT2D eigenvalue weighted by atomic mass is 16.6. The van der Waals surface area contributed by atoms with Crippen molar-refractivity contribution in [2.45, 2.75) is 19.8 Å². The van der Waals surface area contributed by atoms with E-state index in [0.717, 1.165) is 22.2 Å². The van der Waals surface area contributed by atoms with Crippen LogP contribution in [-0.4, -0.2) is 33.3 Å². The Bertz CT molecular complexity index is 1560. The maximum atomic E-state index is 12.3. The average molecular weight is 532 g/mol. The van der Waals surface area contributed by atoms with Gasteiger partial charge in [-0.2, -0.15) is 0 Å². The number of azo groups is 1. The number of rotatable bonds is 11. The third-order valence-corrected chi connectivity index (χ3v) is 6.28. The van der Waals surface area contributed by atoms with Crippen molar-refractivity contribution in [3.05, 3.63) is 132 Å². The number of nitrogens with zero attached hydrogens (tertiary/aromatic N) is 5. The maximum absolute atomic E-state index is 12.3. The summed E-state index contributed by atoms with van der Waals surface area (Å²) >= 11 is 0. The van der Waals surface area contributed by atoms with Gasteiger partial charge in [-0.1, -0.05) is 114 Å². The highest BCUT2D eigenvalue weighted by Crippen LogP contribution is 2.39. The molecule has 0 aliphatic heterocycles. The topological polar surface area (TPSA) is 91.8 Å². The first-order valence-corrected chi connectivity index (χ1v) is 12.9. The van der Waals surface area contributed by atoms with Gasteiger partial charge in [0.15, 0.2) is 12.3 Å². The predicted octanol–water partition coefficient (Wildman–Crippen LogP) is 6.67. The monoisotopic (exact) mass is 531 g/mol. The van der Waals surface area contributed by atoms with Crippen molar-refractivity contribution in [1.29, 1.82) is 0 Å². The molecule has 0 aliphatic carbocycles. The molecule has 0 saturated heterocycles. The van der Waals surface area contributed by atoms with Crippen LogP contribution in [0.2, 0.25) is 0 Å². The first-order valence-electron chi connectivity index (χ1n) is 12.9. The molecule has 200 valence electrons. The van der Waals surface area contributed by atoms with Crippen LogP contribution < -0.4 is 0 Å². The molecule has 8 nitrogen and oxygen atoms in total. The summed E-state index contributed by atoms with van der Waals surface area (Å²) in [7, 11) is 0. The van der Waals surface area contributed by atoms with Crippen LogP contribution >= 0.6 is 0 Å². The number of aromatic nitrogens is 1. The molecular formula is C32H29N5O3. The van der Waals surface area contributed by atoms with Gasteiger partial charge in [0, 0.05) is 18.5 Å². The fraction of sp³-hybridized carbons (Fsp3) is 0.125. The van der Waals surface area contributed by atoms with Gasteiger partial charge in [0.2, 0.25) is 5.88 Å². The predicted molar refractivity (Wildman–Crippen MR) is 155 cm³/mol. The smallest absolute Gasteiger partial charge is 0.304 e. The second kappa shape index (κ2) is 13.1. The van der Waals surface area contributed by atoms with Gasteiger partial charge >= 0.3 is 5.91 Å². The van der Waals surface area contributed by atoms with Crippen LogP contribution in [0.3, 0.4) is 0 Å². The van der Waals surface area contributed by atoms with Crippen molar-refractivity contribution in [3.63, 3.8) is 0 Å². The molecule has 0 unspecified atom stereocenters. The summed E-state index contributed by atoms with van der Waals surface area (Å²) in [6.45, 7) is 1.39. The lowest BCUT2D eigenvalue weighted by Crippen LogP contribution is -2.25. The van der Waals surface area contributed by atoms with E-state index in [1.165, 1.54) is 6.21 Å². The van der Waals surface area contributed by atoms with E-state index in [9.17, 15) is 9.90 Å². The summed E-state index contributed by atoms with van der Waals surface area (Å²) in [6, 6.07) is 37.3. The molecule has 0 radical (unpaired) electrons. The van der Waals surface area contributed by atoms with Crippen molar-refractivity contribution in [3.8, 4) is 5.88 Å². The zero-order valence-electron chi connectivity index (χ0n) is 21.9. The number of hydrogen-bond acceptors (Lipinski definition) is 6. The minimum Gasteiger partial charge on any atom is -0.493 e. The van der Waals surface area contributed by atoms with Crippen molar-refractivity contribution >= 4 is 28.7 Å². The summed E-state index contributed by atoms with van der Waals surface area (Å²) in [6.07, 6.45) is 1.51. The summed E-state index contributed by atoms with van der Waals surface area (Å²) in [5.41, 5.74) is 4.19. The number of fused-ring (bicyclic) bond motifs is 1. The van der Waals surface area contributed by atoms with E-state index in [1.54, 1.807) is 4.57 Å². The first-order chi connectivity index (χ1) is 19.7. The van der Waals surface area contributed by atoms with Crippen molar-refractivity contribution in [1.82, 2.24) is 9.47 Å². The fourth-order valence-corrected chi connectivity index (χ4v) is 4.42. The van der Waals surface area contributed by atoms with E-state index < -0.39 is 5.91 Å². The van der Waals surface area contributed by atoms with Crippen LogP contribution in [0, 0.1) is 0 Å². The van der Waals surface area contributed by atoms with Crippen LogP contribution in [0.4, 0.5) is 5.69 Å². The number of benzene rings is 4. The minimum atomic E-state index is -0.615. The van der Waals surface area contributed by atoms with E-state index in [-0.39, 0.29) is 18.2 Å². The Balaban J connectivity index is 1.35. The Morgan fingerprint density at radius 2 is 1.38 bits per heavy atom. The number of carbonyl (C=O) groups excluding carboxylic acids is 1. The molecule has 0 atom stereocenters. The zero-order chi connectivity index (χ0) is 27.6. The number of aromatic hydroxyl groups is 1. The van der Waals surface area contributed by atoms with Gasteiger partial charge in [0.25, 0.3) is 0 Å². The Labute approximate surface area is 232 Å². The summed E-state index contributed by atoms with van der Waals surface area (Å²) in [5.74, 6) is -0.678. The van der Waals surface area contributed by atoms with Crippen LogP contribution in [-0.2, 0) is 29.4 Å². The van der Waals surface area contributed by atoms with Gasteiger partial charge < -0.3 is 9.94 Å². The lowest BCUT2D eigenvalue weighted by molar-refractivity contribution is -0.122. The van der Waals surface area contributed by atoms with E-state index in [2.05, 4.69) is 44.5 Å². The highest BCUT2D eigenvalue weighted by molar-refractivity contribution is 5.95. The normalized spacial score (nSPS) is 11.6. The van der Waals surface area contributed by atoms with Crippen LogP contribution in [0.5, 0.6) is 5.88 Å². The molecule has 8 heteroatoms. The molecule has 0 bridgehead atoms. The van der Waals surface area contributed by atoms with Crippen LogP contribution in [0.15, 0.2) is 131 Å². The number of oxime groups is 1. The SMILES string of the molecule is O=C(CO/N=C\c1ccccc1)N=Nc1c(O)n(CN(Cc2ccccc2)Cc2ccccc2)c2ccccc12. The number of hydrogen-bond donors (Lipinski definition) is 1. The van der Waals surface area contributed by atoms with Crippen molar-refractivity contribution in [2.75, 3.05) is 6.61 Å². The third-order valence-electron chi connectivity index (χ3n) is 6.28. The maximum Gasteiger partial charge on any atom is 0.304 e. The molecule has 1 amide bonds. The number of carbonyl (C=O) groups is 1. The summed E-state index contributed by atoms with van der Waals surface area (Å²) in [5, 5.41) is 23.7. The Morgan fingerprint density at radius 1 is 0.800 bits per heavy atom. The second-order valence-corrected chi connectivity index (χ2v) is 9.23. The molecular weight excluding hydrogens is 502 g/mol. The van der Waals surface area contributed by atoms with E-state index in [1.807, 2.05) is 91.0 Å². The first kappa shape index (κ1) is 26.5. The Kier molecular flexibility index (Phi) is 8.70. The Morgan fingerprint density at radius 3 is 2.02 bits per heavy atom. The molecule has 5 aromatic rings. The molecule has 1 aromatic heterocycles. The highest BCUT2D eigenvalue weighted by Gasteiger charge is 2.19. The molecule has 0 fully saturated rings. The standard InChI is InChI=1S/C32H29N5O3/c38-30(23-40-33-20-25-12-4-1-5-13-25)34-35-31-28-18-10-11-19-29(28)37(32(31)39)24-36(21-26-14-6-2-7-15-26)22-27-16-8-3-9-17-27/h1-20,39H,21-24H2/b33-20-,35-34?. The fourth-order valence-electron chi connectivity index (χ4n) is 4.42. The van der Waals surface area contributed by atoms with E-state index >= 15 is 0 Å². The van der Waals surface area contributed by atoms with Gasteiger partial charge in [0.05, 0.1) is 18.4 Å². The zero-order valence-corrected chi connectivity index (χ0v) is 21.9. The van der Waals surface area contributed by atoms with Crippen LogP contribution in [0.25, 0.3) is 10.9 Å². The quantitative estimate of drug-likeness (QED) is 0.117. The van der Waals surface area contributed by atoms with Gasteiger partial charge in [-0.15, -0.1) is 10.2 Å². The molecule has 5 rings (SSSR count). The number of para-hydroxylation sites is 1. The number of amides is 1. The van der Waals surface area contributed by atoms with Crippen molar-refractivity contribution in [2.24, 2.45) is 15.4 Å². The molecule has 0 aliphatic rings. The lowest BCUT2D eigenvalue weighted by atomic mass is 10.2. The van der Waals surface area contributed by atoms with E-state index in [4.69, 9.17) is 4.84 Å². The summed E-state index contributed by atoms with van der Waals surface area (Å²) < 4.78 is 1.79. The summed E-state index contributed by atoms with van der Waals surface area (Å²) in [4.78, 5) is 19.6. The second-order valence-electron chi connectivity index (χ2n) is 9.23. The molecule has 40 heavy (non-hydrogen) atoms. The van der Waals surface area contributed by atoms with Gasteiger partial charge in [-0.25, -0.2) is 0 Å². The molecule has 4 aromatic carbocycles.